The molecule has 0 radical (unpaired) electrons. The summed E-state index contributed by atoms with van der Waals surface area (Å²) in [5.74, 6) is -3.29. The first-order valence-corrected chi connectivity index (χ1v) is 14.4. The number of morpholine rings is 1. The molecule has 0 saturated carbocycles. The van der Waals surface area contributed by atoms with Crippen LogP contribution in [-0.4, -0.2) is 83.4 Å². The number of carbonyl (C=O) groups is 1. The van der Waals surface area contributed by atoms with Crippen molar-refractivity contribution in [3.63, 3.8) is 0 Å². The van der Waals surface area contributed by atoms with E-state index in [0.29, 0.717) is 38.8 Å². The minimum Gasteiger partial charge on any atom is -0.372 e. The highest BCUT2D eigenvalue weighted by atomic mass is 19.4. The maximum Gasteiger partial charge on any atom is 0.417 e. The lowest BCUT2D eigenvalue weighted by molar-refractivity contribution is -0.138. The molecule has 2 aliphatic rings. The average Bonchev–Trinajstić information content (AvgIpc) is 2.96. The summed E-state index contributed by atoms with van der Waals surface area (Å²) in [6.45, 7) is 7.77. The Kier molecular flexibility index (Phi) is 8.86. The molecule has 242 valence electrons. The highest BCUT2D eigenvalue weighted by Crippen LogP contribution is 2.39. The van der Waals surface area contributed by atoms with Crippen LogP contribution in [0.5, 0.6) is 0 Å². The van der Waals surface area contributed by atoms with Crippen LogP contribution in [0, 0.1) is 11.6 Å². The van der Waals surface area contributed by atoms with Crippen molar-refractivity contribution >= 4 is 23.2 Å². The van der Waals surface area contributed by atoms with Gasteiger partial charge in [0.25, 0.3) is 11.5 Å². The number of benzene rings is 1. The van der Waals surface area contributed by atoms with Gasteiger partial charge in [-0.1, -0.05) is 0 Å². The molecule has 0 aliphatic carbocycles. The van der Waals surface area contributed by atoms with Crippen molar-refractivity contribution in [2.24, 2.45) is 7.05 Å². The molecule has 3 aromatic rings. The van der Waals surface area contributed by atoms with E-state index >= 15 is 8.78 Å². The van der Waals surface area contributed by atoms with Gasteiger partial charge in [-0.25, -0.2) is 18.7 Å². The van der Waals surface area contributed by atoms with E-state index in [-0.39, 0.29) is 35.6 Å². The fourth-order valence-corrected chi connectivity index (χ4v) is 5.68. The third-order valence-electron chi connectivity index (χ3n) is 8.12. The van der Waals surface area contributed by atoms with Crippen molar-refractivity contribution in [3.8, 4) is 11.3 Å². The van der Waals surface area contributed by atoms with Crippen LogP contribution >= 0.6 is 0 Å². The lowest BCUT2D eigenvalue weighted by atomic mass is 10.0. The van der Waals surface area contributed by atoms with Gasteiger partial charge < -0.3 is 29.3 Å². The number of hydrogen-bond donors (Lipinski definition) is 1. The molecule has 0 bridgehead atoms. The number of rotatable bonds is 5. The van der Waals surface area contributed by atoms with Crippen molar-refractivity contribution in [1.82, 2.24) is 19.4 Å². The number of alkyl halides is 3. The molecular formula is C30H34F5N7O3. The number of nitrogens with zero attached hydrogens (tertiary/aromatic N) is 6. The van der Waals surface area contributed by atoms with Crippen molar-refractivity contribution in [2.75, 3.05) is 54.9 Å². The lowest BCUT2D eigenvalue weighted by Gasteiger charge is -2.39. The Bertz CT molecular complexity index is 1650. The van der Waals surface area contributed by atoms with Gasteiger partial charge in [0.1, 0.15) is 11.5 Å². The van der Waals surface area contributed by atoms with Crippen LogP contribution in [0.3, 0.4) is 0 Å². The van der Waals surface area contributed by atoms with Gasteiger partial charge in [0, 0.05) is 70.3 Å². The number of ether oxygens (including phenoxy) is 1. The number of likely N-dealkylation sites (N-methyl/N-ethyl adjacent to an activating group) is 1. The second kappa shape index (κ2) is 12.4. The van der Waals surface area contributed by atoms with E-state index in [1.54, 1.807) is 4.90 Å². The van der Waals surface area contributed by atoms with Crippen molar-refractivity contribution < 1.29 is 31.5 Å². The number of aromatic nitrogens is 3. The number of pyridine rings is 1. The van der Waals surface area contributed by atoms with E-state index in [9.17, 15) is 22.8 Å². The summed E-state index contributed by atoms with van der Waals surface area (Å²) in [7, 11) is 3.09. The zero-order valence-corrected chi connectivity index (χ0v) is 25.5. The maximum absolute atomic E-state index is 16.6. The van der Waals surface area contributed by atoms with Gasteiger partial charge in [0.05, 0.1) is 40.3 Å². The number of anilines is 3. The van der Waals surface area contributed by atoms with Crippen LogP contribution in [-0.2, 0) is 18.0 Å². The molecule has 2 fully saturated rings. The molecule has 5 rings (SSSR count). The Balaban J connectivity index is 1.62. The quantitative estimate of drug-likeness (QED) is 0.418. The maximum atomic E-state index is 16.6. The SMILES string of the molecule is CC1CN(c2cc(F)c(-c3ccnc(N4C[C@@H](C)O[C@@H](C)C4)n3)c(F)c2NC(=O)c2cn(C)c(=O)cc2C(F)(F)F)CCN1C. The number of aryl methyl sites for hydroxylation is 1. The predicted octanol–water partition coefficient (Wildman–Crippen LogP) is 4.15. The van der Waals surface area contributed by atoms with E-state index < -0.39 is 51.7 Å². The van der Waals surface area contributed by atoms with Crippen LogP contribution in [0.1, 0.15) is 36.7 Å². The Hall–Kier alpha value is -4.11. The summed E-state index contributed by atoms with van der Waals surface area (Å²) in [6, 6.07) is 2.64. The van der Waals surface area contributed by atoms with Crippen LogP contribution in [0.2, 0.25) is 0 Å². The van der Waals surface area contributed by atoms with Crippen LogP contribution in [0.15, 0.2) is 35.4 Å². The zero-order chi connectivity index (χ0) is 32.8. The Morgan fingerprint density at radius 3 is 2.36 bits per heavy atom. The van der Waals surface area contributed by atoms with E-state index in [1.165, 1.54) is 19.3 Å². The number of nitrogens with one attached hydrogen (secondary N) is 1. The third-order valence-corrected chi connectivity index (χ3v) is 8.12. The smallest absolute Gasteiger partial charge is 0.372 e. The zero-order valence-electron chi connectivity index (χ0n) is 25.5. The van der Waals surface area contributed by atoms with Gasteiger partial charge in [0.15, 0.2) is 5.82 Å². The van der Waals surface area contributed by atoms with Crippen LogP contribution in [0.25, 0.3) is 11.3 Å². The highest BCUT2D eigenvalue weighted by molar-refractivity contribution is 6.07. The second-order valence-corrected chi connectivity index (χ2v) is 11.6. The molecule has 1 unspecified atom stereocenters. The summed E-state index contributed by atoms with van der Waals surface area (Å²) in [5.41, 5.74) is -4.60. The molecule has 1 aromatic carbocycles. The molecule has 1 N–H and O–H groups in total. The fraction of sp³-hybridized carbons (Fsp3) is 0.467. The molecular weight excluding hydrogens is 601 g/mol. The first-order chi connectivity index (χ1) is 21.1. The Labute approximate surface area is 256 Å². The Morgan fingerprint density at radius 1 is 1.02 bits per heavy atom. The second-order valence-electron chi connectivity index (χ2n) is 11.6. The number of hydrogen-bond acceptors (Lipinski definition) is 8. The van der Waals surface area contributed by atoms with Crippen LogP contribution < -0.4 is 20.7 Å². The number of halogens is 5. The van der Waals surface area contributed by atoms with Gasteiger partial charge in [-0.3, -0.25) is 9.59 Å². The van der Waals surface area contributed by atoms with Crippen LogP contribution in [0.4, 0.5) is 39.3 Å². The number of piperazine rings is 1. The molecule has 45 heavy (non-hydrogen) atoms. The average molecular weight is 636 g/mol. The van der Waals surface area contributed by atoms with E-state index in [0.717, 1.165) is 16.8 Å². The van der Waals surface area contributed by atoms with Gasteiger partial charge in [-0.05, 0) is 33.9 Å². The predicted molar refractivity (Wildman–Crippen MR) is 159 cm³/mol. The summed E-state index contributed by atoms with van der Waals surface area (Å²) in [5, 5.41) is 2.28. The molecule has 3 atom stereocenters. The van der Waals surface area contributed by atoms with Gasteiger partial charge >= 0.3 is 6.18 Å². The number of carbonyl (C=O) groups excluding carboxylic acids is 1. The highest BCUT2D eigenvalue weighted by Gasteiger charge is 2.37. The molecule has 0 spiro atoms. The van der Waals surface area contributed by atoms with Gasteiger partial charge in [0.2, 0.25) is 5.95 Å². The molecule has 1 amide bonds. The molecule has 10 nitrogen and oxygen atoms in total. The summed E-state index contributed by atoms with van der Waals surface area (Å²) >= 11 is 0. The molecule has 2 saturated heterocycles. The topological polar surface area (TPSA) is 95.8 Å². The largest absolute Gasteiger partial charge is 0.417 e. The monoisotopic (exact) mass is 635 g/mol. The third kappa shape index (κ3) is 6.64. The number of amides is 1. The van der Waals surface area contributed by atoms with Crippen molar-refractivity contribution in [2.45, 2.75) is 45.2 Å². The molecule has 4 heterocycles. The Morgan fingerprint density at radius 2 is 1.71 bits per heavy atom. The lowest BCUT2D eigenvalue weighted by Crippen LogP contribution is -2.50. The standard InChI is InChI=1S/C30H34F5N7O3/c1-16-12-41(9-8-39(16)4)23-11-21(31)25(22-6-7-36-29(37-22)42-13-17(2)45-18(3)14-42)26(32)27(23)38-28(44)19-15-40(5)24(43)10-20(19)30(33,34)35/h6-7,10-11,15-18H,8-9,12-14H2,1-5H3,(H,38,44)/t16?,17-,18+. The minimum atomic E-state index is -5.05. The molecule has 2 aliphatic heterocycles. The van der Waals surface area contributed by atoms with E-state index in [4.69, 9.17) is 4.74 Å². The summed E-state index contributed by atoms with van der Waals surface area (Å²) < 4.78 is 80.7. The normalized spacial score (nSPS) is 21.2. The van der Waals surface area contributed by atoms with Gasteiger partial charge in [-0.2, -0.15) is 13.2 Å². The minimum absolute atomic E-state index is 0.0312. The fourth-order valence-electron chi connectivity index (χ4n) is 5.68. The summed E-state index contributed by atoms with van der Waals surface area (Å²) in [4.78, 5) is 39.7. The van der Waals surface area contributed by atoms with E-state index in [2.05, 4.69) is 15.3 Å². The summed E-state index contributed by atoms with van der Waals surface area (Å²) in [6.07, 6.45) is -3.23. The van der Waals surface area contributed by atoms with Gasteiger partial charge in [-0.15, -0.1) is 0 Å². The first-order valence-electron chi connectivity index (χ1n) is 14.4. The molecule has 2 aromatic heterocycles. The van der Waals surface area contributed by atoms with E-state index in [1.807, 2.05) is 37.6 Å². The van der Waals surface area contributed by atoms with Crippen molar-refractivity contribution in [3.05, 3.63) is 63.7 Å². The molecule has 15 heteroatoms. The first kappa shape index (κ1) is 32.3. The van der Waals surface area contributed by atoms with Crippen molar-refractivity contribution in [1.29, 1.82) is 0 Å².